The van der Waals surface area contributed by atoms with Crippen LogP contribution in [0.3, 0.4) is 0 Å². The minimum Gasteiger partial charge on any atom is -0.481 e. The van der Waals surface area contributed by atoms with Gasteiger partial charge >= 0.3 is 12.0 Å². The number of hydrogen-bond acceptors (Lipinski definition) is 3. The van der Waals surface area contributed by atoms with Crippen LogP contribution in [0.15, 0.2) is 18.2 Å². The molecule has 3 N–H and O–H groups in total. The number of carbonyl (C=O) groups excluding carboxylic acids is 2. The van der Waals surface area contributed by atoms with Crippen molar-refractivity contribution >= 4 is 35.2 Å². The summed E-state index contributed by atoms with van der Waals surface area (Å²) in [4.78, 5) is 36.7. The van der Waals surface area contributed by atoms with Crippen LogP contribution in [0.2, 0.25) is 5.02 Å². The molecule has 0 bridgehead atoms. The molecule has 2 aliphatic rings. The molecule has 1 unspecified atom stereocenters. The molecule has 1 aromatic rings. The van der Waals surface area contributed by atoms with E-state index in [0.29, 0.717) is 31.1 Å². The van der Waals surface area contributed by atoms with Gasteiger partial charge in [-0.3, -0.25) is 9.59 Å². The predicted molar refractivity (Wildman–Crippen MR) is 97.4 cm³/mol. The number of fused-ring (bicyclic) bond motifs is 1. The van der Waals surface area contributed by atoms with Crippen LogP contribution in [-0.2, 0) is 9.59 Å². The van der Waals surface area contributed by atoms with Gasteiger partial charge in [-0.1, -0.05) is 17.7 Å². The van der Waals surface area contributed by atoms with Gasteiger partial charge in [-0.2, -0.15) is 0 Å². The molecule has 2 heterocycles. The Hall–Kier alpha value is -2.28. The topological polar surface area (TPSA) is 98.7 Å². The third-order valence-electron chi connectivity index (χ3n) is 5.03. The minimum absolute atomic E-state index is 0.00108. The van der Waals surface area contributed by atoms with Gasteiger partial charge in [0.2, 0.25) is 5.91 Å². The van der Waals surface area contributed by atoms with Crippen molar-refractivity contribution < 1.29 is 19.5 Å². The molecule has 0 saturated carbocycles. The smallest absolute Gasteiger partial charge is 0.317 e. The Morgan fingerprint density at radius 1 is 1.31 bits per heavy atom. The molecule has 0 spiro atoms. The highest BCUT2D eigenvalue weighted by Crippen LogP contribution is 2.42. The zero-order valence-electron chi connectivity index (χ0n) is 14.3. The average Bonchev–Trinajstić information content (AvgIpc) is 2.93. The highest BCUT2D eigenvalue weighted by Gasteiger charge is 2.38. The van der Waals surface area contributed by atoms with E-state index in [2.05, 4.69) is 10.6 Å². The van der Waals surface area contributed by atoms with Crippen LogP contribution < -0.4 is 10.6 Å². The number of piperidine rings is 1. The van der Waals surface area contributed by atoms with Crippen LogP contribution in [-0.4, -0.2) is 47.5 Å². The molecule has 1 saturated heterocycles. The first-order valence-electron chi connectivity index (χ1n) is 8.80. The van der Waals surface area contributed by atoms with Crippen molar-refractivity contribution in [2.45, 2.75) is 31.6 Å². The molecule has 2 aliphatic heterocycles. The second-order valence-electron chi connectivity index (χ2n) is 6.75. The van der Waals surface area contributed by atoms with Crippen molar-refractivity contribution in [3.8, 4) is 0 Å². The maximum atomic E-state index is 12.4. The normalized spacial score (nSPS) is 19.8. The minimum atomic E-state index is -0.864. The molecule has 8 heteroatoms. The molecule has 1 fully saturated rings. The lowest BCUT2D eigenvalue weighted by Gasteiger charge is -2.34. The summed E-state index contributed by atoms with van der Waals surface area (Å²) >= 11 is 5.99. The maximum Gasteiger partial charge on any atom is 0.317 e. The van der Waals surface area contributed by atoms with Crippen LogP contribution in [0.1, 0.15) is 37.2 Å². The van der Waals surface area contributed by atoms with Crippen molar-refractivity contribution in [3.05, 3.63) is 28.8 Å². The zero-order valence-corrected chi connectivity index (χ0v) is 15.1. The van der Waals surface area contributed by atoms with Crippen molar-refractivity contribution in [2.24, 2.45) is 5.92 Å². The molecule has 0 aliphatic carbocycles. The lowest BCUT2D eigenvalue weighted by molar-refractivity contribution is -0.137. The van der Waals surface area contributed by atoms with E-state index in [-0.39, 0.29) is 30.2 Å². The Morgan fingerprint density at radius 2 is 2.04 bits per heavy atom. The lowest BCUT2D eigenvalue weighted by Crippen LogP contribution is -2.45. The summed E-state index contributed by atoms with van der Waals surface area (Å²) in [6.07, 6.45) is 1.97. The van der Waals surface area contributed by atoms with Gasteiger partial charge in [0.25, 0.3) is 0 Å². The number of rotatable bonds is 5. The Morgan fingerprint density at radius 3 is 2.73 bits per heavy atom. The zero-order chi connectivity index (χ0) is 18.7. The molecule has 3 rings (SSSR count). The highest BCUT2D eigenvalue weighted by molar-refractivity contribution is 6.31. The number of urea groups is 1. The summed E-state index contributed by atoms with van der Waals surface area (Å²) in [6.45, 7) is 1.52. The number of likely N-dealkylation sites (tertiary alicyclic amines) is 1. The summed E-state index contributed by atoms with van der Waals surface area (Å²) in [7, 11) is 0. The number of amides is 3. The third kappa shape index (κ3) is 4.09. The van der Waals surface area contributed by atoms with E-state index in [1.54, 1.807) is 17.0 Å². The molecule has 140 valence electrons. The van der Waals surface area contributed by atoms with Crippen molar-refractivity contribution in [1.82, 2.24) is 10.2 Å². The molecule has 26 heavy (non-hydrogen) atoms. The lowest BCUT2D eigenvalue weighted by atomic mass is 9.81. The molecule has 7 nitrogen and oxygen atoms in total. The highest BCUT2D eigenvalue weighted by atomic mass is 35.5. The number of hydrogen-bond donors (Lipinski definition) is 3. The number of nitrogens with one attached hydrogen (secondary N) is 2. The molecule has 3 amide bonds. The summed E-state index contributed by atoms with van der Waals surface area (Å²) in [5.74, 6) is -0.869. The second-order valence-corrected chi connectivity index (χ2v) is 7.19. The molecular weight excluding hydrogens is 358 g/mol. The summed E-state index contributed by atoms with van der Waals surface area (Å²) in [6, 6.07) is 5.31. The van der Waals surface area contributed by atoms with Gasteiger partial charge in [-0.25, -0.2) is 4.79 Å². The third-order valence-corrected chi connectivity index (χ3v) is 5.27. The van der Waals surface area contributed by atoms with Gasteiger partial charge in [0.05, 0.1) is 5.92 Å². The second kappa shape index (κ2) is 7.95. The summed E-state index contributed by atoms with van der Waals surface area (Å²) < 4.78 is 0. The Bertz CT molecular complexity index is 716. The fourth-order valence-electron chi connectivity index (χ4n) is 3.71. The van der Waals surface area contributed by atoms with Crippen LogP contribution in [0.4, 0.5) is 10.5 Å². The van der Waals surface area contributed by atoms with E-state index in [1.807, 2.05) is 6.07 Å². The quantitative estimate of drug-likeness (QED) is 0.685. The van der Waals surface area contributed by atoms with Crippen molar-refractivity contribution in [1.29, 1.82) is 0 Å². The SMILES string of the molecule is O=C(O)CCCNC(=O)N1CCC(C2C(=O)Nc3cc(Cl)ccc32)CC1. The molecular formula is C18H22ClN3O4. The van der Waals surface area contributed by atoms with Gasteiger partial charge in [-0.15, -0.1) is 0 Å². The molecule has 0 aromatic heterocycles. The standard InChI is InChI=1S/C18H22ClN3O4/c19-12-3-4-13-14(10-12)21-17(25)16(13)11-5-8-22(9-6-11)18(26)20-7-1-2-15(23)24/h3-4,10-11,16H,1-2,5-9H2,(H,20,26)(H,21,25)(H,23,24). The van der Waals surface area contributed by atoms with Crippen molar-refractivity contribution in [2.75, 3.05) is 25.0 Å². The Balaban J connectivity index is 1.52. The predicted octanol–water partition coefficient (Wildman–Crippen LogP) is 2.66. The fourth-order valence-corrected chi connectivity index (χ4v) is 3.88. The van der Waals surface area contributed by atoms with E-state index in [1.165, 1.54) is 0 Å². The van der Waals surface area contributed by atoms with E-state index in [0.717, 1.165) is 24.1 Å². The first-order chi connectivity index (χ1) is 12.5. The van der Waals surface area contributed by atoms with E-state index < -0.39 is 5.97 Å². The van der Waals surface area contributed by atoms with Gasteiger partial charge in [-0.05, 0) is 42.9 Å². The van der Waals surface area contributed by atoms with E-state index >= 15 is 0 Å². The number of carboxylic acids is 1. The van der Waals surface area contributed by atoms with E-state index in [9.17, 15) is 14.4 Å². The largest absolute Gasteiger partial charge is 0.481 e. The van der Waals surface area contributed by atoms with Gasteiger partial charge < -0.3 is 20.6 Å². The number of benzene rings is 1. The monoisotopic (exact) mass is 379 g/mol. The van der Waals surface area contributed by atoms with Gasteiger partial charge in [0.15, 0.2) is 0 Å². The van der Waals surface area contributed by atoms with Crippen LogP contribution >= 0.6 is 11.6 Å². The number of anilines is 1. The Kier molecular flexibility index (Phi) is 5.66. The fraction of sp³-hybridized carbons (Fsp3) is 0.500. The number of halogens is 1. The first kappa shape index (κ1) is 18.5. The van der Waals surface area contributed by atoms with Gasteiger partial charge in [0.1, 0.15) is 0 Å². The van der Waals surface area contributed by atoms with Crippen LogP contribution in [0.5, 0.6) is 0 Å². The number of aliphatic carboxylic acids is 1. The number of carboxylic acid groups (broad SMARTS) is 1. The molecule has 0 radical (unpaired) electrons. The summed E-state index contributed by atoms with van der Waals surface area (Å²) in [5, 5.41) is 14.9. The maximum absolute atomic E-state index is 12.4. The number of nitrogens with zero attached hydrogens (tertiary/aromatic N) is 1. The van der Waals surface area contributed by atoms with Crippen LogP contribution in [0.25, 0.3) is 0 Å². The Labute approximate surface area is 156 Å². The first-order valence-corrected chi connectivity index (χ1v) is 9.18. The molecule has 1 aromatic carbocycles. The van der Waals surface area contributed by atoms with Gasteiger partial charge in [0, 0.05) is 36.8 Å². The van der Waals surface area contributed by atoms with Crippen molar-refractivity contribution in [3.63, 3.8) is 0 Å². The molecule has 1 atom stereocenters. The van der Waals surface area contributed by atoms with Crippen LogP contribution in [0, 0.1) is 5.92 Å². The van der Waals surface area contributed by atoms with E-state index in [4.69, 9.17) is 16.7 Å². The number of carbonyl (C=O) groups is 3. The summed E-state index contributed by atoms with van der Waals surface area (Å²) in [5.41, 5.74) is 1.77. The average molecular weight is 380 g/mol.